The van der Waals surface area contributed by atoms with E-state index in [-0.39, 0.29) is 37.8 Å². The molecule has 66 heavy (non-hydrogen) atoms. The molecule has 0 aliphatic heterocycles. The average molecular weight is 1070 g/mol. The van der Waals surface area contributed by atoms with E-state index < -0.39 is 42.8 Å². The number of aliphatic hydroxyl groups is 2. The maximum absolute atomic E-state index is 13.5. The van der Waals surface area contributed by atoms with Crippen molar-refractivity contribution >= 4 is 51.9 Å². The Kier molecular flexibility index (Phi) is 18.2. The molecule has 0 spiro atoms. The first kappa shape index (κ1) is 51.9. The number of halogens is 2. The van der Waals surface area contributed by atoms with Crippen LogP contribution in [0.2, 0.25) is 0 Å². The third-order valence-corrected chi connectivity index (χ3v) is 14.8. The fourth-order valence-electron chi connectivity index (χ4n) is 6.45. The molecule has 0 radical (unpaired) electrons. The highest BCUT2D eigenvalue weighted by Crippen LogP contribution is 2.27. The van der Waals surface area contributed by atoms with Gasteiger partial charge >= 0.3 is 0 Å². The van der Waals surface area contributed by atoms with Gasteiger partial charge in [-0.2, -0.15) is 8.61 Å². The Bertz CT molecular complexity index is 2390. The summed E-state index contributed by atoms with van der Waals surface area (Å²) in [5, 5.41) is 21.9. The summed E-state index contributed by atoms with van der Waals surface area (Å²) in [5.74, 6) is 1.63. The van der Waals surface area contributed by atoms with Crippen LogP contribution < -0.4 is 18.9 Å². The van der Waals surface area contributed by atoms with Crippen molar-refractivity contribution in [3.63, 3.8) is 0 Å². The summed E-state index contributed by atoms with van der Waals surface area (Å²) in [4.78, 5) is 16.3. The molecule has 2 heterocycles. The second-order valence-electron chi connectivity index (χ2n) is 15.4. The number of hydrogen-bond acceptors (Lipinski definition) is 14. The number of aromatic nitrogens is 4. The number of rotatable bonds is 20. The molecule has 0 aliphatic carbocycles. The maximum Gasteiger partial charge on any atom is 0.218 e. The Morgan fingerprint density at radius 2 is 0.667 bits per heavy atom. The Balaban J connectivity index is 0.000000247. The zero-order valence-electron chi connectivity index (χ0n) is 37.2. The molecule has 0 fully saturated rings. The van der Waals surface area contributed by atoms with Crippen molar-refractivity contribution in [2.24, 2.45) is 0 Å². The second kappa shape index (κ2) is 23.1. The van der Waals surface area contributed by atoms with Crippen LogP contribution in [-0.2, 0) is 57.4 Å². The molecule has 0 unspecified atom stereocenters. The van der Waals surface area contributed by atoms with E-state index in [4.69, 9.17) is 18.9 Å². The van der Waals surface area contributed by atoms with Gasteiger partial charge in [-0.3, -0.25) is 0 Å². The third-order valence-electron chi connectivity index (χ3n) is 9.99. The van der Waals surface area contributed by atoms with Crippen LogP contribution in [0.1, 0.15) is 47.8 Å². The lowest BCUT2D eigenvalue weighted by Gasteiger charge is -2.28. The fourth-order valence-corrected chi connectivity index (χ4v) is 10.3. The summed E-state index contributed by atoms with van der Waals surface area (Å²) in [6.45, 7) is 3.27. The molecule has 20 heteroatoms. The predicted molar refractivity (Wildman–Crippen MR) is 257 cm³/mol. The van der Waals surface area contributed by atoms with Crippen LogP contribution in [0.15, 0.2) is 131 Å². The molecule has 0 amide bonds. The molecule has 6 rings (SSSR count). The standard InChI is InChI=1S/2C23H26BrN3O5S/c2*1-23(28,22-25-12-19(24)13-26-22)16-33(29,30)27(14-17-4-8-20(31-2)9-5-17)15-18-6-10-21(32-3)11-7-18/h2*4-13,28H,14-16H2,1-3H3/t2*23-/m10/s1. The molecule has 2 aromatic heterocycles. The molecule has 0 saturated carbocycles. The van der Waals surface area contributed by atoms with E-state index in [1.807, 2.05) is 48.5 Å². The monoisotopic (exact) mass is 1070 g/mol. The van der Waals surface area contributed by atoms with Crippen LogP contribution in [0.5, 0.6) is 23.0 Å². The first-order chi connectivity index (χ1) is 31.2. The van der Waals surface area contributed by atoms with E-state index >= 15 is 0 Å². The summed E-state index contributed by atoms with van der Waals surface area (Å²) >= 11 is 6.48. The maximum atomic E-state index is 13.5. The molecule has 2 atom stereocenters. The van der Waals surface area contributed by atoms with Crippen molar-refractivity contribution in [3.8, 4) is 23.0 Å². The van der Waals surface area contributed by atoms with Gasteiger partial charge in [-0.1, -0.05) is 48.5 Å². The van der Waals surface area contributed by atoms with Gasteiger partial charge in [-0.25, -0.2) is 36.8 Å². The molecule has 352 valence electrons. The van der Waals surface area contributed by atoms with E-state index in [0.717, 1.165) is 22.3 Å². The minimum atomic E-state index is -3.94. The highest BCUT2D eigenvalue weighted by atomic mass is 79.9. The highest BCUT2D eigenvalue weighted by molar-refractivity contribution is 9.10. The van der Waals surface area contributed by atoms with Gasteiger partial charge in [-0.15, -0.1) is 0 Å². The van der Waals surface area contributed by atoms with Crippen LogP contribution in [0.25, 0.3) is 0 Å². The molecule has 0 bridgehead atoms. The number of ether oxygens (including phenoxy) is 4. The van der Waals surface area contributed by atoms with Crippen LogP contribution in [-0.4, -0.2) is 95.5 Å². The second-order valence-corrected chi connectivity index (χ2v) is 21.2. The summed E-state index contributed by atoms with van der Waals surface area (Å²) < 4.78 is 78.7. The lowest BCUT2D eigenvalue weighted by atomic mass is 10.1. The number of sulfonamides is 2. The van der Waals surface area contributed by atoms with Gasteiger partial charge < -0.3 is 29.2 Å². The molecule has 2 N–H and O–H groups in total. The summed E-state index contributed by atoms with van der Waals surface area (Å²) in [6, 6.07) is 28.7. The molecular weight excluding hydrogens is 1020 g/mol. The number of nitrogens with zero attached hydrogens (tertiary/aromatic N) is 6. The van der Waals surface area contributed by atoms with Crippen molar-refractivity contribution in [1.82, 2.24) is 28.5 Å². The van der Waals surface area contributed by atoms with E-state index in [1.54, 1.807) is 77.0 Å². The third kappa shape index (κ3) is 15.0. The SMILES string of the molecule is COc1ccc(CN(Cc2ccc(OC)cc2)S(=O)(=O)C[C@@](C)(O)c2ncc(Br)cn2)cc1.COc1ccc(CN(Cc2ccc(OC)cc2)S(=O)(=O)C[C@](C)(O)c2ncc(Br)cn2)cc1. The van der Waals surface area contributed by atoms with Crippen molar-refractivity contribution in [2.75, 3.05) is 39.9 Å². The molecule has 4 aromatic carbocycles. The normalized spacial score (nSPS) is 13.5. The molecule has 16 nitrogen and oxygen atoms in total. The predicted octanol–water partition coefficient (Wildman–Crippen LogP) is 6.99. The van der Waals surface area contributed by atoms with Crippen molar-refractivity contribution < 1.29 is 46.0 Å². The summed E-state index contributed by atoms with van der Waals surface area (Å²) in [5.41, 5.74) is -0.422. The Hall–Kier alpha value is -5.06. The average Bonchev–Trinajstić information content (AvgIpc) is 3.29. The molecular formula is C46H52Br2N6O10S2. The number of methoxy groups -OCH3 is 4. The van der Waals surface area contributed by atoms with Gasteiger partial charge in [0.1, 0.15) is 45.7 Å². The molecule has 0 saturated heterocycles. The lowest BCUT2D eigenvalue weighted by molar-refractivity contribution is 0.0699. The minimum Gasteiger partial charge on any atom is -0.497 e. The quantitative estimate of drug-likeness (QED) is 0.0792. The van der Waals surface area contributed by atoms with Gasteiger partial charge in [0, 0.05) is 51.0 Å². The topological polar surface area (TPSA) is 204 Å². The van der Waals surface area contributed by atoms with Crippen molar-refractivity contribution in [1.29, 1.82) is 0 Å². The van der Waals surface area contributed by atoms with Crippen LogP contribution in [0.3, 0.4) is 0 Å². The first-order valence-electron chi connectivity index (χ1n) is 20.1. The van der Waals surface area contributed by atoms with Crippen LogP contribution >= 0.6 is 31.9 Å². The van der Waals surface area contributed by atoms with Gasteiger partial charge in [0.2, 0.25) is 20.0 Å². The van der Waals surface area contributed by atoms with E-state index in [9.17, 15) is 27.0 Å². The number of hydrogen-bond donors (Lipinski definition) is 2. The smallest absolute Gasteiger partial charge is 0.218 e. The van der Waals surface area contributed by atoms with Gasteiger partial charge in [0.05, 0.1) is 37.4 Å². The van der Waals surface area contributed by atoms with Crippen LogP contribution in [0, 0.1) is 0 Å². The van der Waals surface area contributed by atoms with Gasteiger partial charge in [0.25, 0.3) is 0 Å². The molecule has 6 aromatic rings. The first-order valence-corrected chi connectivity index (χ1v) is 24.9. The lowest BCUT2D eigenvalue weighted by Crippen LogP contribution is -2.41. The largest absolute Gasteiger partial charge is 0.497 e. The number of benzene rings is 4. The summed E-state index contributed by atoms with van der Waals surface area (Å²) in [7, 11) is -1.59. The van der Waals surface area contributed by atoms with Gasteiger partial charge in [-0.05, 0) is 116 Å². The highest BCUT2D eigenvalue weighted by Gasteiger charge is 2.38. The van der Waals surface area contributed by atoms with Crippen molar-refractivity contribution in [2.45, 2.75) is 51.2 Å². The van der Waals surface area contributed by atoms with E-state index in [0.29, 0.717) is 31.9 Å². The van der Waals surface area contributed by atoms with E-state index in [2.05, 4.69) is 51.8 Å². The Morgan fingerprint density at radius 1 is 0.455 bits per heavy atom. The Labute approximate surface area is 403 Å². The summed E-state index contributed by atoms with van der Waals surface area (Å²) in [6.07, 6.45) is 5.87. The zero-order valence-corrected chi connectivity index (χ0v) is 42.0. The fraction of sp³-hybridized carbons (Fsp3) is 0.304. The van der Waals surface area contributed by atoms with Crippen molar-refractivity contribution in [3.05, 3.63) is 165 Å². The minimum absolute atomic E-state index is 0.0307. The van der Waals surface area contributed by atoms with Gasteiger partial charge in [0.15, 0.2) is 11.6 Å². The zero-order chi connectivity index (χ0) is 48.1. The van der Waals surface area contributed by atoms with E-state index in [1.165, 1.54) is 47.2 Å². The Morgan fingerprint density at radius 3 is 0.864 bits per heavy atom. The molecule has 0 aliphatic rings. The van der Waals surface area contributed by atoms with Crippen LogP contribution in [0.4, 0.5) is 0 Å².